The van der Waals surface area contributed by atoms with Gasteiger partial charge in [0.05, 0.1) is 11.2 Å². The lowest BCUT2D eigenvalue weighted by Gasteiger charge is -2.08. The lowest BCUT2D eigenvalue weighted by molar-refractivity contribution is 0.381. The molecule has 0 atom stereocenters. The van der Waals surface area contributed by atoms with Crippen molar-refractivity contribution in [2.75, 3.05) is 20.6 Å². The van der Waals surface area contributed by atoms with Gasteiger partial charge in [-0.1, -0.05) is 24.3 Å². The molecule has 136 valence electrons. The summed E-state index contributed by atoms with van der Waals surface area (Å²) in [6, 6.07) is 16.2. The highest BCUT2D eigenvalue weighted by Gasteiger charge is 2.16. The van der Waals surface area contributed by atoms with Gasteiger partial charge >= 0.3 is 0 Å². The first-order valence-electron chi connectivity index (χ1n) is 9.20. The molecule has 0 fully saturated rings. The van der Waals surface area contributed by atoms with Crippen molar-refractivity contribution >= 4 is 10.9 Å². The Labute approximate surface area is 159 Å². The van der Waals surface area contributed by atoms with Crippen LogP contribution in [0.15, 0.2) is 67.1 Å². The highest BCUT2D eigenvalue weighted by atomic mass is 15.3. The maximum atomic E-state index is 4.88. The number of pyridine rings is 2. The van der Waals surface area contributed by atoms with E-state index in [1.807, 2.05) is 47.4 Å². The molecule has 3 heterocycles. The largest absolute Gasteiger partial charge is 0.309 e. The average Bonchev–Trinajstić information content (AvgIpc) is 3.12. The Balaban J connectivity index is 1.81. The monoisotopic (exact) mass is 357 g/mol. The first-order valence-corrected chi connectivity index (χ1v) is 9.20. The van der Waals surface area contributed by atoms with E-state index in [0.29, 0.717) is 0 Å². The predicted molar refractivity (Wildman–Crippen MR) is 109 cm³/mol. The molecular formula is C22H23N5. The molecule has 4 aromatic rings. The standard InChI is InChI=1S/C22H23N5/c1-26(2)14-7-15-27-16-19(22(25-27)21-10-5-6-12-23-21)17-11-13-24-20-9-4-3-8-18(17)20/h3-6,8-13,16H,7,14-15H2,1-2H3. The Morgan fingerprint density at radius 1 is 0.889 bits per heavy atom. The number of aryl methyl sites for hydroxylation is 1. The third-order valence-electron chi connectivity index (χ3n) is 4.60. The molecule has 4 rings (SSSR count). The summed E-state index contributed by atoms with van der Waals surface area (Å²) in [6.45, 7) is 1.91. The molecule has 0 radical (unpaired) electrons. The van der Waals surface area contributed by atoms with Crippen molar-refractivity contribution in [3.63, 3.8) is 0 Å². The summed E-state index contributed by atoms with van der Waals surface area (Å²) < 4.78 is 2.04. The molecule has 0 N–H and O–H groups in total. The highest BCUT2D eigenvalue weighted by Crippen LogP contribution is 2.34. The Kier molecular flexibility index (Phi) is 4.94. The fraction of sp³-hybridized carbons (Fsp3) is 0.227. The zero-order valence-electron chi connectivity index (χ0n) is 15.7. The Morgan fingerprint density at radius 3 is 2.56 bits per heavy atom. The van der Waals surface area contributed by atoms with Gasteiger partial charge in [-0.2, -0.15) is 5.10 Å². The molecule has 5 heteroatoms. The molecule has 5 nitrogen and oxygen atoms in total. The number of nitrogens with zero attached hydrogens (tertiary/aromatic N) is 5. The molecule has 0 aliphatic rings. The Hall–Kier alpha value is -3.05. The van der Waals surface area contributed by atoms with Crippen molar-refractivity contribution in [1.29, 1.82) is 0 Å². The SMILES string of the molecule is CN(C)CCCn1cc(-c2ccnc3ccccc23)c(-c2ccccn2)n1. The van der Waals surface area contributed by atoms with Crippen molar-refractivity contribution < 1.29 is 0 Å². The first kappa shape index (κ1) is 17.4. The fourth-order valence-corrected chi connectivity index (χ4v) is 3.30. The van der Waals surface area contributed by atoms with Crippen LogP contribution in [-0.4, -0.2) is 45.3 Å². The van der Waals surface area contributed by atoms with Crippen LogP contribution in [0.5, 0.6) is 0 Å². The van der Waals surface area contributed by atoms with Gasteiger partial charge in [-0.3, -0.25) is 14.6 Å². The van der Waals surface area contributed by atoms with Crippen LogP contribution in [0.3, 0.4) is 0 Å². The van der Waals surface area contributed by atoms with Crippen LogP contribution in [0.25, 0.3) is 33.4 Å². The second kappa shape index (κ2) is 7.68. The van der Waals surface area contributed by atoms with Gasteiger partial charge in [0.2, 0.25) is 0 Å². The quantitative estimate of drug-likeness (QED) is 0.521. The zero-order chi connectivity index (χ0) is 18.6. The second-order valence-corrected chi connectivity index (χ2v) is 6.90. The number of rotatable bonds is 6. The maximum absolute atomic E-state index is 4.88. The van der Waals surface area contributed by atoms with Gasteiger partial charge in [-0.25, -0.2) is 0 Å². The first-order chi connectivity index (χ1) is 13.2. The van der Waals surface area contributed by atoms with E-state index in [4.69, 9.17) is 5.10 Å². The normalized spacial score (nSPS) is 11.4. The fourth-order valence-electron chi connectivity index (χ4n) is 3.30. The van der Waals surface area contributed by atoms with Crippen molar-refractivity contribution in [3.05, 3.63) is 67.1 Å². The highest BCUT2D eigenvalue weighted by molar-refractivity contribution is 5.97. The summed E-state index contributed by atoms with van der Waals surface area (Å²) in [7, 11) is 4.19. The van der Waals surface area contributed by atoms with Gasteiger partial charge in [0.15, 0.2) is 0 Å². The van der Waals surface area contributed by atoms with Crippen LogP contribution in [0, 0.1) is 0 Å². The van der Waals surface area contributed by atoms with Crippen LogP contribution < -0.4 is 0 Å². The molecular weight excluding hydrogens is 334 g/mol. The van der Waals surface area contributed by atoms with Gasteiger partial charge in [-0.15, -0.1) is 0 Å². The maximum Gasteiger partial charge on any atom is 0.119 e. The molecule has 0 spiro atoms. The second-order valence-electron chi connectivity index (χ2n) is 6.90. The summed E-state index contributed by atoms with van der Waals surface area (Å²) in [5.74, 6) is 0. The van der Waals surface area contributed by atoms with Crippen molar-refractivity contribution in [2.45, 2.75) is 13.0 Å². The third kappa shape index (κ3) is 3.73. The molecule has 0 aliphatic heterocycles. The van der Waals surface area contributed by atoms with E-state index in [1.54, 1.807) is 0 Å². The third-order valence-corrected chi connectivity index (χ3v) is 4.60. The predicted octanol–water partition coefficient (Wildman–Crippen LogP) is 4.11. The molecule has 27 heavy (non-hydrogen) atoms. The lowest BCUT2D eigenvalue weighted by atomic mass is 10.0. The van der Waals surface area contributed by atoms with Crippen LogP contribution in [0.1, 0.15) is 6.42 Å². The van der Waals surface area contributed by atoms with Crippen molar-refractivity contribution in [2.24, 2.45) is 0 Å². The van der Waals surface area contributed by atoms with E-state index in [9.17, 15) is 0 Å². The van der Waals surface area contributed by atoms with Crippen LogP contribution >= 0.6 is 0 Å². The van der Waals surface area contributed by atoms with Crippen LogP contribution in [0.4, 0.5) is 0 Å². The number of para-hydroxylation sites is 1. The number of hydrogen-bond donors (Lipinski definition) is 0. The van der Waals surface area contributed by atoms with Crippen molar-refractivity contribution in [3.8, 4) is 22.5 Å². The lowest BCUT2D eigenvalue weighted by Crippen LogP contribution is -2.15. The van der Waals surface area contributed by atoms with Gasteiger partial charge in [0.25, 0.3) is 0 Å². The van der Waals surface area contributed by atoms with Gasteiger partial charge in [0, 0.05) is 36.1 Å². The van der Waals surface area contributed by atoms with Gasteiger partial charge in [-0.05, 0) is 56.9 Å². The Bertz CT molecular complexity index is 1030. The Morgan fingerprint density at radius 2 is 1.74 bits per heavy atom. The summed E-state index contributed by atoms with van der Waals surface area (Å²) in [5, 5.41) is 6.01. The number of benzene rings is 1. The molecule has 0 aliphatic carbocycles. The molecule has 1 aromatic carbocycles. The zero-order valence-corrected chi connectivity index (χ0v) is 15.7. The van der Waals surface area contributed by atoms with E-state index in [-0.39, 0.29) is 0 Å². The minimum absolute atomic E-state index is 0.876. The molecule has 3 aromatic heterocycles. The summed E-state index contributed by atoms with van der Waals surface area (Å²) in [4.78, 5) is 11.2. The van der Waals surface area contributed by atoms with E-state index < -0.39 is 0 Å². The smallest absolute Gasteiger partial charge is 0.119 e. The van der Waals surface area contributed by atoms with E-state index in [2.05, 4.69) is 53.4 Å². The van der Waals surface area contributed by atoms with Gasteiger partial charge < -0.3 is 4.90 Å². The molecule has 0 saturated carbocycles. The number of fused-ring (bicyclic) bond motifs is 1. The van der Waals surface area contributed by atoms with Gasteiger partial charge in [0.1, 0.15) is 5.69 Å². The number of aromatic nitrogens is 4. The van der Waals surface area contributed by atoms with Crippen molar-refractivity contribution in [1.82, 2.24) is 24.6 Å². The minimum atomic E-state index is 0.876. The van der Waals surface area contributed by atoms with E-state index in [1.165, 1.54) is 0 Å². The molecule has 0 unspecified atom stereocenters. The van der Waals surface area contributed by atoms with Crippen LogP contribution in [-0.2, 0) is 6.54 Å². The molecule has 0 saturated heterocycles. The van der Waals surface area contributed by atoms with Crippen LogP contribution in [0.2, 0.25) is 0 Å². The van der Waals surface area contributed by atoms with E-state index in [0.717, 1.165) is 52.9 Å². The summed E-state index contributed by atoms with van der Waals surface area (Å²) >= 11 is 0. The minimum Gasteiger partial charge on any atom is -0.309 e. The molecule has 0 bridgehead atoms. The summed E-state index contributed by atoms with van der Waals surface area (Å²) in [5.41, 5.74) is 5.02. The topological polar surface area (TPSA) is 46.8 Å². The number of hydrogen-bond acceptors (Lipinski definition) is 4. The summed E-state index contributed by atoms with van der Waals surface area (Å²) in [6.07, 6.45) is 6.87. The molecule has 0 amide bonds. The van der Waals surface area contributed by atoms with E-state index >= 15 is 0 Å². The average molecular weight is 357 g/mol.